The standard InChI is InChI=1S/C15H18N4O/c16-9-13-3-4-14(10-17-13)19-7-5-11(6-8-19)15(20)18-12-1-2-12/h3-4,10-12H,1-2,5-8H2,(H,18,20). The van der Waals surface area contributed by atoms with Crippen molar-refractivity contribution < 1.29 is 4.79 Å². The fraction of sp³-hybridized carbons (Fsp3) is 0.533. The Kier molecular flexibility index (Phi) is 3.55. The van der Waals surface area contributed by atoms with Crippen LogP contribution in [0, 0.1) is 17.2 Å². The molecule has 0 unspecified atom stereocenters. The van der Waals surface area contributed by atoms with E-state index in [1.807, 2.05) is 12.1 Å². The molecule has 0 atom stereocenters. The zero-order valence-corrected chi connectivity index (χ0v) is 11.4. The van der Waals surface area contributed by atoms with Gasteiger partial charge in [-0.05, 0) is 37.8 Å². The van der Waals surface area contributed by atoms with E-state index in [4.69, 9.17) is 5.26 Å². The van der Waals surface area contributed by atoms with Crippen molar-refractivity contribution in [2.45, 2.75) is 31.7 Å². The normalized spacial score (nSPS) is 19.4. The van der Waals surface area contributed by atoms with Gasteiger partial charge in [0.05, 0.1) is 11.9 Å². The molecule has 5 nitrogen and oxygen atoms in total. The topological polar surface area (TPSA) is 69.0 Å². The first-order valence-corrected chi connectivity index (χ1v) is 7.18. The van der Waals surface area contributed by atoms with Gasteiger partial charge in [0.1, 0.15) is 11.8 Å². The molecule has 2 aliphatic rings. The second-order valence-electron chi connectivity index (χ2n) is 5.56. The number of carbonyl (C=O) groups is 1. The van der Waals surface area contributed by atoms with Gasteiger partial charge in [-0.25, -0.2) is 4.98 Å². The van der Waals surface area contributed by atoms with Gasteiger partial charge in [-0.1, -0.05) is 0 Å². The van der Waals surface area contributed by atoms with E-state index in [9.17, 15) is 4.79 Å². The van der Waals surface area contributed by atoms with Crippen LogP contribution in [0.4, 0.5) is 5.69 Å². The largest absolute Gasteiger partial charge is 0.370 e. The zero-order chi connectivity index (χ0) is 13.9. The number of carbonyl (C=O) groups excluding carboxylic acids is 1. The van der Waals surface area contributed by atoms with Crippen molar-refractivity contribution in [3.8, 4) is 6.07 Å². The lowest BCUT2D eigenvalue weighted by Crippen LogP contribution is -2.41. The summed E-state index contributed by atoms with van der Waals surface area (Å²) >= 11 is 0. The minimum absolute atomic E-state index is 0.151. The molecule has 20 heavy (non-hydrogen) atoms. The Morgan fingerprint density at radius 3 is 2.60 bits per heavy atom. The van der Waals surface area contributed by atoms with E-state index in [2.05, 4.69) is 15.2 Å². The first-order valence-electron chi connectivity index (χ1n) is 7.18. The Morgan fingerprint density at radius 1 is 1.30 bits per heavy atom. The van der Waals surface area contributed by atoms with E-state index in [1.165, 1.54) is 0 Å². The van der Waals surface area contributed by atoms with Gasteiger partial charge in [0.15, 0.2) is 0 Å². The summed E-state index contributed by atoms with van der Waals surface area (Å²) in [5.74, 6) is 0.378. The van der Waals surface area contributed by atoms with Crippen molar-refractivity contribution in [1.29, 1.82) is 5.26 Å². The number of rotatable bonds is 3. The molecular weight excluding hydrogens is 252 g/mol. The second-order valence-corrected chi connectivity index (χ2v) is 5.56. The molecule has 1 saturated carbocycles. The summed E-state index contributed by atoms with van der Waals surface area (Å²) in [7, 11) is 0. The quantitative estimate of drug-likeness (QED) is 0.902. The molecule has 1 saturated heterocycles. The van der Waals surface area contributed by atoms with Crippen molar-refractivity contribution in [3.05, 3.63) is 24.0 Å². The molecule has 1 amide bonds. The highest BCUT2D eigenvalue weighted by atomic mass is 16.2. The average Bonchev–Trinajstić information content (AvgIpc) is 3.31. The Bertz CT molecular complexity index is 522. The van der Waals surface area contributed by atoms with Gasteiger partial charge in [-0.3, -0.25) is 4.79 Å². The van der Waals surface area contributed by atoms with Crippen LogP contribution in [0.1, 0.15) is 31.4 Å². The number of pyridine rings is 1. The van der Waals surface area contributed by atoms with Gasteiger partial charge >= 0.3 is 0 Å². The minimum Gasteiger partial charge on any atom is -0.370 e. The SMILES string of the molecule is N#Cc1ccc(N2CCC(C(=O)NC3CC3)CC2)cn1. The first-order chi connectivity index (χ1) is 9.76. The fourth-order valence-corrected chi connectivity index (χ4v) is 2.59. The molecule has 1 aromatic heterocycles. The van der Waals surface area contributed by atoms with Gasteiger partial charge in [-0.2, -0.15) is 5.26 Å². The van der Waals surface area contributed by atoms with E-state index >= 15 is 0 Å². The van der Waals surface area contributed by atoms with Crippen molar-refractivity contribution in [3.63, 3.8) is 0 Å². The molecule has 2 heterocycles. The molecule has 104 valence electrons. The van der Waals surface area contributed by atoms with Crippen LogP contribution in [-0.4, -0.2) is 30.0 Å². The van der Waals surface area contributed by atoms with E-state index in [-0.39, 0.29) is 11.8 Å². The number of hydrogen-bond acceptors (Lipinski definition) is 4. The van der Waals surface area contributed by atoms with Crippen molar-refractivity contribution in [2.24, 2.45) is 5.92 Å². The third-order valence-corrected chi connectivity index (χ3v) is 4.02. The molecular formula is C15H18N4O. The lowest BCUT2D eigenvalue weighted by atomic mass is 9.95. The van der Waals surface area contributed by atoms with Gasteiger partial charge < -0.3 is 10.2 Å². The fourth-order valence-electron chi connectivity index (χ4n) is 2.59. The summed E-state index contributed by atoms with van der Waals surface area (Å²) in [5, 5.41) is 11.8. The van der Waals surface area contributed by atoms with Crippen LogP contribution < -0.4 is 10.2 Å². The number of aromatic nitrogens is 1. The third kappa shape index (κ3) is 2.90. The van der Waals surface area contributed by atoms with E-state index in [0.717, 1.165) is 44.5 Å². The number of nitrogens with one attached hydrogen (secondary N) is 1. The number of nitrogens with zero attached hydrogens (tertiary/aromatic N) is 3. The summed E-state index contributed by atoms with van der Waals surface area (Å²) in [6.07, 6.45) is 5.79. The summed E-state index contributed by atoms with van der Waals surface area (Å²) in [6.45, 7) is 1.74. The predicted octanol–water partition coefficient (Wildman–Crippen LogP) is 1.45. The van der Waals surface area contributed by atoms with Crippen LogP contribution in [-0.2, 0) is 4.79 Å². The second kappa shape index (κ2) is 5.49. The molecule has 3 rings (SSSR count). The summed E-state index contributed by atoms with van der Waals surface area (Å²) in [6, 6.07) is 6.13. The molecule has 1 aromatic rings. The van der Waals surface area contributed by atoms with Crippen LogP contribution in [0.3, 0.4) is 0 Å². The van der Waals surface area contributed by atoms with E-state index in [1.54, 1.807) is 12.3 Å². The molecule has 0 aromatic carbocycles. The van der Waals surface area contributed by atoms with Crippen LogP contribution in [0.5, 0.6) is 0 Å². The monoisotopic (exact) mass is 270 g/mol. The maximum atomic E-state index is 12.0. The lowest BCUT2D eigenvalue weighted by molar-refractivity contribution is -0.125. The van der Waals surface area contributed by atoms with Crippen molar-refractivity contribution >= 4 is 11.6 Å². The Hall–Kier alpha value is -2.09. The van der Waals surface area contributed by atoms with Crippen LogP contribution in [0.25, 0.3) is 0 Å². The Labute approximate surface area is 118 Å². The van der Waals surface area contributed by atoms with E-state index < -0.39 is 0 Å². The average molecular weight is 270 g/mol. The molecule has 1 aliphatic carbocycles. The minimum atomic E-state index is 0.151. The Balaban J connectivity index is 1.54. The van der Waals surface area contributed by atoms with Gasteiger partial charge in [0.2, 0.25) is 5.91 Å². The third-order valence-electron chi connectivity index (χ3n) is 4.02. The molecule has 0 radical (unpaired) electrons. The van der Waals surface area contributed by atoms with Crippen LogP contribution in [0.2, 0.25) is 0 Å². The summed E-state index contributed by atoms with van der Waals surface area (Å²) in [4.78, 5) is 18.3. The Morgan fingerprint density at radius 2 is 2.05 bits per heavy atom. The summed E-state index contributed by atoms with van der Waals surface area (Å²) < 4.78 is 0. The van der Waals surface area contributed by atoms with E-state index in [0.29, 0.717) is 11.7 Å². The highest BCUT2D eigenvalue weighted by Crippen LogP contribution is 2.25. The predicted molar refractivity (Wildman–Crippen MR) is 75.1 cm³/mol. The molecule has 2 fully saturated rings. The smallest absolute Gasteiger partial charge is 0.223 e. The van der Waals surface area contributed by atoms with Crippen molar-refractivity contribution in [1.82, 2.24) is 10.3 Å². The van der Waals surface area contributed by atoms with Crippen LogP contribution in [0.15, 0.2) is 18.3 Å². The highest BCUT2D eigenvalue weighted by molar-refractivity contribution is 5.79. The van der Waals surface area contributed by atoms with Gasteiger partial charge in [-0.15, -0.1) is 0 Å². The highest BCUT2D eigenvalue weighted by Gasteiger charge is 2.29. The zero-order valence-electron chi connectivity index (χ0n) is 11.4. The number of nitriles is 1. The number of amides is 1. The number of anilines is 1. The van der Waals surface area contributed by atoms with Crippen LogP contribution >= 0.6 is 0 Å². The maximum absolute atomic E-state index is 12.0. The molecule has 0 bridgehead atoms. The molecule has 1 N–H and O–H groups in total. The maximum Gasteiger partial charge on any atom is 0.223 e. The number of piperidine rings is 1. The molecule has 0 spiro atoms. The first kappa shape index (κ1) is 12.9. The molecule has 5 heteroatoms. The van der Waals surface area contributed by atoms with Gasteiger partial charge in [0, 0.05) is 25.0 Å². The van der Waals surface area contributed by atoms with Gasteiger partial charge in [0.25, 0.3) is 0 Å². The summed E-state index contributed by atoms with van der Waals surface area (Å²) in [5.41, 5.74) is 1.47. The van der Waals surface area contributed by atoms with Crippen molar-refractivity contribution in [2.75, 3.05) is 18.0 Å². The lowest BCUT2D eigenvalue weighted by Gasteiger charge is -2.32. The molecule has 1 aliphatic heterocycles. The number of hydrogen-bond donors (Lipinski definition) is 1.